The van der Waals surface area contributed by atoms with Gasteiger partial charge in [0.05, 0.1) is 0 Å². The van der Waals surface area contributed by atoms with Crippen molar-refractivity contribution >= 4 is 0 Å². The highest BCUT2D eigenvalue weighted by Gasteiger charge is 2.59. The molecule has 4 saturated carbocycles. The second-order valence-electron chi connectivity index (χ2n) is 11.3. The molecule has 4 bridgehead atoms. The molecular weight excluding hydrogens is 408 g/mol. The first-order valence-electron chi connectivity index (χ1n) is 13.0. The van der Waals surface area contributed by atoms with Gasteiger partial charge in [0.25, 0.3) is 0 Å². The molecule has 0 atom stereocenters. The van der Waals surface area contributed by atoms with Gasteiger partial charge in [-0.25, -0.2) is 0 Å². The van der Waals surface area contributed by atoms with Crippen molar-refractivity contribution in [1.29, 1.82) is 0 Å². The van der Waals surface area contributed by atoms with Crippen molar-refractivity contribution in [2.45, 2.75) is 49.4 Å². The highest BCUT2D eigenvalue weighted by Crippen LogP contribution is 2.67. The third-order valence-corrected chi connectivity index (χ3v) is 9.23. The van der Waals surface area contributed by atoms with Gasteiger partial charge in [0, 0.05) is 0 Å². The molecule has 4 aromatic rings. The molecular formula is C34H32. The summed E-state index contributed by atoms with van der Waals surface area (Å²) in [7, 11) is 0. The Balaban J connectivity index is 1.38. The maximum absolute atomic E-state index is 2.46. The third kappa shape index (κ3) is 3.12. The fraction of sp³-hybridized carbons (Fsp3) is 0.294. The molecule has 0 heteroatoms. The van der Waals surface area contributed by atoms with Crippen LogP contribution in [0.1, 0.15) is 49.7 Å². The van der Waals surface area contributed by atoms with Gasteiger partial charge >= 0.3 is 0 Å². The standard InChI is InChI=1S/C34H32/c1-3-11-27(12-4-1)29-15-7-9-17-31(29)33-20-25-19-26(21-33)23-34(22-25,24-33)32-18-10-8-16-30(32)28-13-5-2-6-14-28/h1-18,25-26H,19-24H2. The van der Waals surface area contributed by atoms with Crippen molar-refractivity contribution < 1.29 is 0 Å². The molecule has 8 rings (SSSR count). The van der Waals surface area contributed by atoms with Crippen molar-refractivity contribution in [2.24, 2.45) is 11.8 Å². The van der Waals surface area contributed by atoms with Crippen LogP contribution in [0.3, 0.4) is 0 Å². The van der Waals surface area contributed by atoms with Gasteiger partial charge in [0.1, 0.15) is 0 Å². The average Bonchev–Trinajstić information content (AvgIpc) is 2.89. The van der Waals surface area contributed by atoms with Gasteiger partial charge in [0.15, 0.2) is 0 Å². The Kier molecular flexibility index (Phi) is 4.59. The molecule has 0 unspecified atom stereocenters. The molecule has 0 aromatic heterocycles. The minimum absolute atomic E-state index is 0.292. The second kappa shape index (κ2) is 7.70. The molecule has 0 aliphatic heterocycles. The Morgan fingerprint density at radius 2 is 0.824 bits per heavy atom. The zero-order valence-corrected chi connectivity index (χ0v) is 19.8. The Bertz CT molecular complexity index is 1200. The van der Waals surface area contributed by atoms with E-state index in [9.17, 15) is 0 Å². The lowest BCUT2D eigenvalue weighted by Crippen LogP contribution is -2.56. The number of rotatable bonds is 4. The van der Waals surface area contributed by atoms with Crippen LogP contribution in [0.15, 0.2) is 109 Å². The highest BCUT2D eigenvalue weighted by molar-refractivity contribution is 5.71. The fourth-order valence-electron chi connectivity index (χ4n) is 8.52. The Morgan fingerprint density at radius 1 is 0.441 bits per heavy atom. The van der Waals surface area contributed by atoms with Gasteiger partial charge in [-0.2, -0.15) is 0 Å². The highest BCUT2D eigenvalue weighted by atomic mass is 14.6. The van der Waals surface area contributed by atoms with Gasteiger partial charge < -0.3 is 0 Å². The summed E-state index contributed by atoms with van der Waals surface area (Å²) in [5.41, 5.74) is 9.45. The summed E-state index contributed by atoms with van der Waals surface area (Å²) >= 11 is 0. The molecule has 0 nitrogen and oxygen atoms in total. The Morgan fingerprint density at radius 3 is 1.26 bits per heavy atom. The van der Waals surface area contributed by atoms with E-state index in [2.05, 4.69) is 109 Å². The minimum Gasteiger partial charge on any atom is -0.0622 e. The molecule has 168 valence electrons. The Hall–Kier alpha value is -3.12. The van der Waals surface area contributed by atoms with Crippen molar-refractivity contribution in [2.75, 3.05) is 0 Å². The number of hydrogen-bond donors (Lipinski definition) is 0. The van der Waals surface area contributed by atoms with Crippen molar-refractivity contribution in [3.63, 3.8) is 0 Å². The topological polar surface area (TPSA) is 0 Å². The molecule has 0 spiro atoms. The van der Waals surface area contributed by atoms with Gasteiger partial charge in [-0.1, -0.05) is 109 Å². The zero-order chi connectivity index (χ0) is 22.6. The van der Waals surface area contributed by atoms with Crippen LogP contribution in [-0.4, -0.2) is 0 Å². The smallest absolute Gasteiger partial charge is 0.00271 e. The van der Waals surface area contributed by atoms with Crippen LogP contribution >= 0.6 is 0 Å². The number of benzene rings is 4. The summed E-state index contributed by atoms with van der Waals surface area (Å²) in [5.74, 6) is 1.68. The molecule has 4 aliphatic carbocycles. The average molecular weight is 441 g/mol. The van der Waals surface area contributed by atoms with Crippen LogP contribution in [0.4, 0.5) is 0 Å². The van der Waals surface area contributed by atoms with Gasteiger partial charge in [0.2, 0.25) is 0 Å². The van der Waals surface area contributed by atoms with E-state index < -0.39 is 0 Å². The molecule has 0 radical (unpaired) electrons. The molecule has 0 amide bonds. The van der Waals surface area contributed by atoms with Crippen LogP contribution in [0.25, 0.3) is 22.3 Å². The van der Waals surface area contributed by atoms with Crippen LogP contribution < -0.4 is 0 Å². The van der Waals surface area contributed by atoms with Crippen LogP contribution in [0, 0.1) is 11.8 Å². The summed E-state index contributed by atoms with van der Waals surface area (Å²) in [4.78, 5) is 0. The maximum Gasteiger partial charge on any atom is -0.00271 e. The van der Waals surface area contributed by atoms with E-state index in [0.717, 1.165) is 11.8 Å². The largest absolute Gasteiger partial charge is 0.0622 e. The zero-order valence-electron chi connectivity index (χ0n) is 19.8. The third-order valence-electron chi connectivity index (χ3n) is 9.23. The van der Waals surface area contributed by atoms with Crippen molar-refractivity contribution in [3.05, 3.63) is 120 Å². The molecule has 0 saturated heterocycles. The summed E-state index contributed by atoms with van der Waals surface area (Å²) in [6, 6.07) is 40.9. The quantitative estimate of drug-likeness (QED) is 0.297. The molecule has 0 N–H and O–H groups in total. The second-order valence-corrected chi connectivity index (χ2v) is 11.3. The maximum atomic E-state index is 2.46. The SMILES string of the molecule is c1ccc(-c2ccccc2C23CC4CC(C2)CC(c2ccccc2-c2ccccc2)(C4)C3)cc1. The van der Waals surface area contributed by atoms with Crippen molar-refractivity contribution in [3.8, 4) is 22.3 Å². The minimum atomic E-state index is 0.292. The lowest BCUT2D eigenvalue weighted by atomic mass is 9.41. The van der Waals surface area contributed by atoms with E-state index >= 15 is 0 Å². The van der Waals surface area contributed by atoms with E-state index in [0.29, 0.717) is 10.8 Å². The molecule has 0 heterocycles. The summed E-state index contributed by atoms with van der Waals surface area (Å²) < 4.78 is 0. The molecule has 4 aliphatic rings. The Labute approximate surface area is 203 Å². The summed E-state index contributed by atoms with van der Waals surface area (Å²) in [5, 5.41) is 0. The van der Waals surface area contributed by atoms with Crippen molar-refractivity contribution in [1.82, 2.24) is 0 Å². The molecule has 4 aromatic carbocycles. The van der Waals surface area contributed by atoms with E-state index in [1.54, 1.807) is 11.1 Å². The molecule has 4 fully saturated rings. The lowest BCUT2D eigenvalue weighted by Gasteiger charge is -2.63. The number of hydrogen-bond acceptors (Lipinski definition) is 0. The lowest BCUT2D eigenvalue weighted by molar-refractivity contribution is -0.0276. The van der Waals surface area contributed by atoms with E-state index in [-0.39, 0.29) is 0 Å². The van der Waals surface area contributed by atoms with Gasteiger partial charge in [-0.3, -0.25) is 0 Å². The van der Waals surface area contributed by atoms with Gasteiger partial charge in [-0.15, -0.1) is 0 Å². The summed E-state index contributed by atoms with van der Waals surface area (Å²) in [6.07, 6.45) is 8.18. The van der Waals surface area contributed by atoms with Gasteiger partial charge in [-0.05, 0) is 94.6 Å². The van der Waals surface area contributed by atoms with E-state index in [1.807, 2.05) is 0 Å². The fourth-order valence-corrected chi connectivity index (χ4v) is 8.52. The normalized spacial score (nSPS) is 29.3. The first kappa shape index (κ1) is 20.3. The van der Waals surface area contributed by atoms with E-state index in [1.165, 1.54) is 60.8 Å². The van der Waals surface area contributed by atoms with Crippen LogP contribution in [-0.2, 0) is 10.8 Å². The van der Waals surface area contributed by atoms with Crippen LogP contribution in [0.2, 0.25) is 0 Å². The van der Waals surface area contributed by atoms with E-state index in [4.69, 9.17) is 0 Å². The monoisotopic (exact) mass is 440 g/mol. The predicted octanol–water partition coefficient (Wildman–Crippen LogP) is 8.81. The summed E-state index contributed by atoms with van der Waals surface area (Å²) in [6.45, 7) is 0. The first-order chi connectivity index (χ1) is 16.7. The first-order valence-corrected chi connectivity index (χ1v) is 13.0. The van der Waals surface area contributed by atoms with Crippen LogP contribution in [0.5, 0.6) is 0 Å². The predicted molar refractivity (Wildman–Crippen MR) is 142 cm³/mol. The molecule has 34 heavy (non-hydrogen) atoms.